The van der Waals surface area contributed by atoms with Gasteiger partial charge in [0.1, 0.15) is 0 Å². The molecule has 20 heavy (non-hydrogen) atoms. The van der Waals surface area contributed by atoms with Gasteiger partial charge < -0.3 is 5.32 Å². The van der Waals surface area contributed by atoms with Crippen LogP contribution in [0.3, 0.4) is 0 Å². The molecule has 2 aromatic carbocycles. The SMILES string of the molecule is N#Cc1cccc(/C(Br)=C2\C(=O)Nc3ccccc32)c1. The second-order valence-corrected chi connectivity index (χ2v) is 5.17. The largest absolute Gasteiger partial charge is 0.321 e. The fourth-order valence-electron chi connectivity index (χ4n) is 2.20. The first-order valence-corrected chi connectivity index (χ1v) is 6.81. The first-order chi connectivity index (χ1) is 9.70. The summed E-state index contributed by atoms with van der Waals surface area (Å²) in [5.74, 6) is -0.138. The number of carbonyl (C=O) groups is 1. The molecule has 1 heterocycles. The molecule has 0 aromatic heterocycles. The summed E-state index contributed by atoms with van der Waals surface area (Å²) in [7, 11) is 0. The average Bonchev–Trinajstić information content (AvgIpc) is 2.82. The maximum Gasteiger partial charge on any atom is 0.257 e. The van der Waals surface area contributed by atoms with Gasteiger partial charge in [-0.15, -0.1) is 0 Å². The highest BCUT2D eigenvalue weighted by Crippen LogP contribution is 2.39. The third kappa shape index (κ3) is 2.02. The van der Waals surface area contributed by atoms with Crippen LogP contribution in [0.25, 0.3) is 10.1 Å². The lowest BCUT2D eigenvalue weighted by atomic mass is 10.0. The van der Waals surface area contributed by atoms with E-state index < -0.39 is 0 Å². The van der Waals surface area contributed by atoms with Gasteiger partial charge in [0.15, 0.2) is 0 Å². The van der Waals surface area contributed by atoms with Gasteiger partial charge in [-0.1, -0.05) is 30.3 Å². The number of para-hydroxylation sites is 1. The minimum absolute atomic E-state index is 0.138. The Morgan fingerprint density at radius 1 is 1.15 bits per heavy atom. The average molecular weight is 325 g/mol. The van der Waals surface area contributed by atoms with Gasteiger partial charge in [0.2, 0.25) is 0 Å². The lowest BCUT2D eigenvalue weighted by Gasteiger charge is -2.04. The van der Waals surface area contributed by atoms with Crippen molar-refractivity contribution in [1.82, 2.24) is 0 Å². The van der Waals surface area contributed by atoms with E-state index in [1.165, 1.54) is 0 Å². The summed E-state index contributed by atoms with van der Waals surface area (Å²) < 4.78 is 0.692. The topological polar surface area (TPSA) is 52.9 Å². The molecule has 3 nitrogen and oxygen atoms in total. The van der Waals surface area contributed by atoms with Crippen LogP contribution >= 0.6 is 15.9 Å². The van der Waals surface area contributed by atoms with Crippen molar-refractivity contribution in [3.05, 3.63) is 65.2 Å². The van der Waals surface area contributed by atoms with Crippen molar-refractivity contribution in [3.63, 3.8) is 0 Å². The van der Waals surface area contributed by atoms with E-state index in [0.29, 0.717) is 15.6 Å². The number of amides is 1. The summed E-state index contributed by atoms with van der Waals surface area (Å²) in [5.41, 5.74) is 3.64. The minimum atomic E-state index is -0.138. The predicted octanol–water partition coefficient (Wildman–Crippen LogP) is 3.77. The molecule has 1 amide bonds. The van der Waals surface area contributed by atoms with E-state index in [1.54, 1.807) is 18.2 Å². The van der Waals surface area contributed by atoms with Gasteiger partial charge in [0.05, 0.1) is 17.2 Å². The molecule has 3 rings (SSSR count). The lowest BCUT2D eigenvalue weighted by molar-refractivity contribution is -0.110. The van der Waals surface area contributed by atoms with Crippen molar-refractivity contribution in [2.75, 3.05) is 5.32 Å². The van der Waals surface area contributed by atoms with Gasteiger partial charge in [-0.3, -0.25) is 4.79 Å². The second-order valence-electron chi connectivity index (χ2n) is 4.38. The number of hydrogen-bond acceptors (Lipinski definition) is 2. The third-order valence-electron chi connectivity index (χ3n) is 3.14. The number of rotatable bonds is 1. The molecule has 1 N–H and O–H groups in total. The Kier molecular flexibility index (Phi) is 3.13. The Morgan fingerprint density at radius 2 is 1.95 bits per heavy atom. The van der Waals surface area contributed by atoms with E-state index in [-0.39, 0.29) is 5.91 Å². The van der Waals surface area contributed by atoms with Crippen molar-refractivity contribution in [2.24, 2.45) is 0 Å². The van der Waals surface area contributed by atoms with Gasteiger partial charge >= 0.3 is 0 Å². The summed E-state index contributed by atoms with van der Waals surface area (Å²) >= 11 is 3.50. The zero-order valence-electron chi connectivity index (χ0n) is 10.4. The van der Waals surface area contributed by atoms with Crippen LogP contribution in [-0.4, -0.2) is 5.91 Å². The van der Waals surface area contributed by atoms with Crippen LogP contribution in [0.1, 0.15) is 16.7 Å². The number of carbonyl (C=O) groups excluding carboxylic acids is 1. The van der Waals surface area contributed by atoms with Gasteiger partial charge in [0.25, 0.3) is 5.91 Å². The molecule has 1 aliphatic heterocycles. The molecule has 0 radical (unpaired) electrons. The fourth-order valence-corrected chi connectivity index (χ4v) is 2.85. The molecule has 0 aliphatic carbocycles. The first kappa shape index (κ1) is 12.6. The van der Waals surface area contributed by atoms with Gasteiger partial charge in [0, 0.05) is 15.7 Å². The van der Waals surface area contributed by atoms with Crippen molar-refractivity contribution in [1.29, 1.82) is 5.26 Å². The molecule has 0 bridgehead atoms. The van der Waals surface area contributed by atoms with Crippen LogP contribution in [0.4, 0.5) is 5.69 Å². The van der Waals surface area contributed by atoms with Gasteiger partial charge in [-0.2, -0.15) is 5.26 Å². The smallest absolute Gasteiger partial charge is 0.257 e. The van der Waals surface area contributed by atoms with Crippen LogP contribution in [0.5, 0.6) is 0 Å². The van der Waals surface area contributed by atoms with Crippen molar-refractivity contribution < 1.29 is 4.79 Å². The third-order valence-corrected chi connectivity index (χ3v) is 3.99. The summed E-state index contributed by atoms with van der Waals surface area (Å²) in [4.78, 5) is 12.1. The van der Waals surface area contributed by atoms with Gasteiger partial charge in [-0.25, -0.2) is 0 Å². The number of nitrogens with zero attached hydrogens (tertiary/aromatic N) is 1. The van der Waals surface area contributed by atoms with Crippen LogP contribution in [0.2, 0.25) is 0 Å². The van der Waals surface area contributed by atoms with Crippen molar-refractivity contribution in [3.8, 4) is 6.07 Å². The standard InChI is InChI=1S/C16H9BrN2O/c17-15(11-5-3-4-10(8-11)9-18)14-12-6-1-2-7-13(12)19-16(14)20/h1-8H,(H,19,20)/b15-14+. The van der Waals surface area contributed by atoms with Crippen LogP contribution in [0.15, 0.2) is 48.5 Å². The highest BCUT2D eigenvalue weighted by molar-refractivity contribution is 9.15. The molecule has 0 saturated heterocycles. The number of fused-ring (bicyclic) bond motifs is 1. The Hall–Kier alpha value is -2.38. The van der Waals surface area contributed by atoms with E-state index in [1.807, 2.05) is 30.3 Å². The molecule has 4 heteroatoms. The van der Waals surface area contributed by atoms with Crippen LogP contribution in [0, 0.1) is 11.3 Å². The summed E-state index contributed by atoms with van der Waals surface area (Å²) in [6.07, 6.45) is 0. The lowest BCUT2D eigenvalue weighted by Crippen LogP contribution is -2.04. The molecule has 0 fully saturated rings. The Balaban J connectivity index is 2.19. The number of nitrogens with one attached hydrogen (secondary N) is 1. The maximum atomic E-state index is 12.1. The van der Waals surface area contributed by atoms with E-state index in [0.717, 1.165) is 16.8 Å². The summed E-state index contributed by atoms with van der Waals surface area (Å²) in [6.45, 7) is 0. The predicted molar refractivity (Wildman–Crippen MR) is 82.0 cm³/mol. The van der Waals surface area contributed by atoms with Crippen LogP contribution in [-0.2, 0) is 4.79 Å². The molecular weight excluding hydrogens is 316 g/mol. The van der Waals surface area contributed by atoms with Crippen molar-refractivity contribution in [2.45, 2.75) is 0 Å². The van der Waals surface area contributed by atoms with E-state index >= 15 is 0 Å². The molecule has 96 valence electrons. The number of nitriles is 1. The van der Waals surface area contributed by atoms with E-state index in [2.05, 4.69) is 27.3 Å². The zero-order valence-corrected chi connectivity index (χ0v) is 11.9. The van der Waals surface area contributed by atoms with Crippen molar-refractivity contribution >= 4 is 37.6 Å². The quantitative estimate of drug-likeness (QED) is 0.812. The molecule has 0 spiro atoms. The molecular formula is C16H9BrN2O. The Morgan fingerprint density at radius 3 is 2.75 bits per heavy atom. The Labute approximate surface area is 124 Å². The van der Waals surface area contributed by atoms with E-state index in [4.69, 9.17) is 5.26 Å². The Bertz CT molecular complexity index is 787. The first-order valence-electron chi connectivity index (χ1n) is 6.02. The molecule has 2 aromatic rings. The fraction of sp³-hybridized carbons (Fsp3) is 0. The summed E-state index contributed by atoms with van der Waals surface area (Å²) in [6, 6.07) is 16.8. The molecule has 0 saturated carbocycles. The number of hydrogen-bond donors (Lipinski definition) is 1. The van der Waals surface area contributed by atoms with Gasteiger partial charge in [-0.05, 0) is 39.7 Å². The number of halogens is 1. The van der Waals surface area contributed by atoms with E-state index in [9.17, 15) is 4.79 Å². The highest BCUT2D eigenvalue weighted by atomic mass is 79.9. The molecule has 1 aliphatic rings. The maximum absolute atomic E-state index is 12.1. The number of benzene rings is 2. The number of anilines is 1. The monoisotopic (exact) mass is 324 g/mol. The molecule has 0 atom stereocenters. The molecule has 0 unspecified atom stereocenters. The highest BCUT2D eigenvalue weighted by Gasteiger charge is 2.26. The second kappa shape index (κ2) is 4.95. The normalized spacial score (nSPS) is 15.3. The summed E-state index contributed by atoms with van der Waals surface area (Å²) in [5, 5.41) is 11.8. The van der Waals surface area contributed by atoms with Crippen LogP contribution < -0.4 is 5.32 Å². The minimum Gasteiger partial charge on any atom is -0.321 e. The zero-order chi connectivity index (χ0) is 14.1.